The average molecular weight is 520 g/mol. The van der Waals surface area contributed by atoms with Crippen LogP contribution in [0.5, 0.6) is 0 Å². The number of carbonyl (C=O) groups excluding carboxylic acids is 2. The number of ether oxygens (including phenoxy) is 2. The van der Waals surface area contributed by atoms with Crippen molar-refractivity contribution in [3.8, 4) is 0 Å². The minimum Gasteiger partial charge on any atom is -0.462 e. The topological polar surface area (TPSA) is 218 Å². The summed E-state index contributed by atoms with van der Waals surface area (Å²) in [7, 11) is -4.55. The van der Waals surface area contributed by atoms with E-state index in [0.717, 1.165) is 6.07 Å². The molecule has 1 aliphatic rings. The molecule has 0 aromatic heterocycles. The molecule has 6 atom stereocenters. The molecule has 1 saturated heterocycles. The number of esters is 1. The Balaban J connectivity index is 1.84. The molecule has 14 nitrogen and oxygen atoms in total. The lowest BCUT2D eigenvalue weighted by atomic mass is 10.00. The fourth-order valence-electron chi connectivity index (χ4n) is 3.19. The van der Waals surface area contributed by atoms with Gasteiger partial charge >= 0.3 is 16.3 Å². The number of nitro benzene ring substituents is 1. The van der Waals surface area contributed by atoms with Crippen LogP contribution in [0.4, 0.5) is 5.69 Å². The molecule has 1 aliphatic heterocycles. The summed E-state index contributed by atoms with van der Waals surface area (Å²) in [5.74, 6) is -2.05. The van der Waals surface area contributed by atoms with Gasteiger partial charge in [0.15, 0.2) is 0 Å². The highest BCUT2D eigenvalue weighted by Gasteiger charge is 2.43. The first-order chi connectivity index (χ1) is 16.4. The zero-order valence-corrected chi connectivity index (χ0v) is 19.9. The average Bonchev–Trinajstić information content (AvgIpc) is 3.09. The molecule has 0 radical (unpaired) electrons. The Bertz CT molecular complexity index is 1020. The Morgan fingerprint density at radius 3 is 2.57 bits per heavy atom. The fraction of sp³-hybridized carbons (Fsp3) is 0.600. The summed E-state index contributed by atoms with van der Waals surface area (Å²) in [6.45, 7) is 2.51. The smallest absolute Gasteiger partial charge is 0.362 e. The lowest BCUT2D eigenvalue weighted by Gasteiger charge is -2.18. The van der Waals surface area contributed by atoms with E-state index >= 15 is 0 Å². The van der Waals surface area contributed by atoms with Crippen LogP contribution in [0.1, 0.15) is 37.0 Å². The maximum Gasteiger partial charge on any atom is 0.362 e. The standard InChI is InChI=1S/C20H29N3O11S/c1-3-11(2)16(21)19(26)22-35(30,31)33-10-15-18(25)17(24)14(34-15)7-8-32-20(27)12-5-4-6-13(9-12)23(28)29/h4-6,9,11,14-18,24-25H,3,7-8,10,21H2,1-2H3,(H,22,26). The molecule has 35 heavy (non-hydrogen) atoms. The van der Waals surface area contributed by atoms with E-state index in [2.05, 4.69) is 0 Å². The number of aliphatic hydroxyl groups excluding tert-OH is 2. The van der Waals surface area contributed by atoms with Gasteiger partial charge in [0, 0.05) is 18.6 Å². The third-order valence-electron chi connectivity index (χ3n) is 5.56. The summed E-state index contributed by atoms with van der Waals surface area (Å²) in [6.07, 6.45) is -4.73. The maximum absolute atomic E-state index is 12.1. The van der Waals surface area contributed by atoms with E-state index in [-0.39, 0.29) is 30.2 Å². The second-order valence-electron chi connectivity index (χ2n) is 8.04. The van der Waals surface area contributed by atoms with Crippen molar-refractivity contribution in [2.75, 3.05) is 13.2 Å². The van der Waals surface area contributed by atoms with E-state index in [0.29, 0.717) is 6.42 Å². The Kier molecular flexibility index (Phi) is 10.1. The third-order valence-corrected chi connectivity index (χ3v) is 6.46. The molecule has 5 N–H and O–H groups in total. The molecule has 6 unspecified atom stereocenters. The van der Waals surface area contributed by atoms with Crippen LogP contribution in [-0.2, 0) is 28.8 Å². The van der Waals surface area contributed by atoms with Crippen molar-refractivity contribution in [2.24, 2.45) is 11.7 Å². The van der Waals surface area contributed by atoms with Crippen molar-refractivity contribution in [3.05, 3.63) is 39.9 Å². The van der Waals surface area contributed by atoms with Crippen LogP contribution in [-0.4, -0.2) is 79.1 Å². The Morgan fingerprint density at radius 2 is 1.94 bits per heavy atom. The van der Waals surface area contributed by atoms with Gasteiger partial charge < -0.3 is 25.4 Å². The normalized spacial score (nSPS) is 23.9. The Morgan fingerprint density at radius 1 is 1.29 bits per heavy atom. The van der Waals surface area contributed by atoms with Gasteiger partial charge in [0.05, 0.1) is 35.8 Å². The number of benzene rings is 1. The van der Waals surface area contributed by atoms with Gasteiger partial charge in [-0.2, -0.15) is 8.42 Å². The number of rotatable bonds is 12. The molecule has 0 bridgehead atoms. The molecule has 1 heterocycles. The number of nitrogens with zero attached hydrogens (tertiary/aromatic N) is 1. The van der Waals surface area contributed by atoms with E-state index in [4.69, 9.17) is 19.4 Å². The van der Waals surface area contributed by atoms with Gasteiger partial charge in [0.2, 0.25) is 0 Å². The first-order valence-corrected chi connectivity index (χ1v) is 12.2. The lowest BCUT2D eigenvalue weighted by molar-refractivity contribution is -0.384. The van der Waals surface area contributed by atoms with Crippen LogP contribution in [0.25, 0.3) is 0 Å². The van der Waals surface area contributed by atoms with Crippen LogP contribution in [0, 0.1) is 16.0 Å². The van der Waals surface area contributed by atoms with E-state index in [1.54, 1.807) is 18.6 Å². The number of nitrogens with two attached hydrogens (primary N) is 1. The van der Waals surface area contributed by atoms with Crippen molar-refractivity contribution >= 4 is 27.9 Å². The summed E-state index contributed by atoms with van der Waals surface area (Å²) in [6, 6.07) is 3.86. The highest BCUT2D eigenvalue weighted by molar-refractivity contribution is 7.85. The molecule has 0 saturated carbocycles. The first kappa shape index (κ1) is 28.5. The van der Waals surface area contributed by atoms with Crippen LogP contribution in [0.15, 0.2) is 24.3 Å². The molecule has 1 aromatic rings. The molecule has 0 aliphatic carbocycles. The number of aliphatic hydroxyl groups is 2. The summed E-state index contributed by atoms with van der Waals surface area (Å²) in [5, 5.41) is 31.1. The maximum atomic E-state index is 12.1. The Hall–Kier alpha value is -2.69. The van der Waals surface area contributed by atoms with Crippen LogP contribution < -0.4 is 10.5 Å². The quantitative estimate of drug-likeness (QED) is 0.154. The van der Waals surface area contributed by atoms with Gasteiger partial charge in [-0.05, 0) is 12.0 Å². The van der Waals surface area contributed by atoms with Crippen LogP contribution in [0.3, 0.4) is 0 Å². The van der Waals surface area contributed by atoms with Gasteiger partial charge in [0.25, 0.3) is 11.6 Å². The van der Waals surface area contributed by atoms with E-state index in [1.807, 2.05) is 0 Å². The number of hydrogen-bond donors (Lipinski definition) is 4. The van der Waals surface area contributed by atoms with E-state index in [9.17, 15) is 38.3 Å². The van der Waals surface area contributed by atoms with Crippen molar-refractivity contribution in [1.82, 2.24) is 4.72 Å². The summed E-state index contributed by atoms with van der Waals surface area (Å²) < 4.78 is 40.9. The molecular weight excluding hydrogens is 490 g/mol. The van der Waals surface area contributed by atoms with E-state index in [1.165, 1.54) is 18.2 Å². The molecule has 1 amide bonds. The first-order valence-electron chi connectivity index (χ1n) is 10.8. The monoisotopic (exact) mass is 519 g/mol. The predicted molar refractivity (Wildman–Crippen MR) is 119 cm³/mol. The Labute approximate surface area is 201 Å². The van der Waals surface area contributed by atoms with Gasteiger partial charge in [-0.3, -0.25) is 19.1 Å². The number of hydrogen-bond acceptors (Lipinski definition) is 12. The summed E-state index contributed by atoms with van der Waals surface area (Å²) in [5.41, 5.74) is 5.36. The SMILES string of the molecule is CCC(C)C(N)C(=O)NS(=O)(=O)OCC1OC(CCOC(=O)c2cccc([N+](=O)[O-])c2)C(O)C1O. The molecule has 15 heteroatoms. The zero-order valence-electron chi connectivity index (χ0n) is 19.1. The number of amides is 1. The second-order valence-corrected chi connectivity index (χ2v) is 9.39. The van der Waals surface area contributed by atoms with Crippen molar-refractivity contribution < 1.29 is 46.8 Å². The molecule has 2 rings (SSSR count). The second kappa shape index (κ2) is 12.3. The molecule has 196 valence electrons. The van der Waals surface area contributed by atoms with Crippen molar-refractivity contribution in [1.29, 1.82) is 0 Å². The predicted octanol–water partition coefficient (Wildman–Crippen LogP) is -0.618. The summed E-state index contributed by atoms with van der Waals surface area (Å²) in [4.78, 5) is 34.2. The summed E-state index contributed by atoms with van der Waals surface area (Å²) >= 11 is 0. The largest absolute Gasteiger partial charge is 0.462 e. The molecule has 1 fully saturated rings. The lowest BCUT2D eigenvalue weighted by Crippen LogP contribution is -2.47. The molecule has 1 aromatic carbocycles. The third kappa shape index (κ3) is 7.91. The van der Waals surface area contributed by atoms with Crippen LogP contribution in [0.2, 0.25) is 0 Å². The number of nitrogens with one attached hydrogen (secondary N) is 1. The number of non-ortho nitro benzene ring substituents is 1. The minimum absolute atomic E-state index is 0.0429. The van der Waals surface area contributed by atoms with Gasteiger partial charge in [-0.1, -0.05) is 26.3 Å². The van der Waals surface area contributed by atoms with Crippen molar-refractivity contribution in [2.45, 2.75) is 57.1 Å². The van der Waals surface area contributed by atoms with Crippen LogP contribution >= 0.6 is 0 Å². The molecule has 0 spiro atoms. The number of carbonyl (C=O) groups is 2. The highest BCUT2D eigenvalue weighted by atomic mass is 32.2. The van der Waals surface area contributed by atoms with Crippen molar-refractivity contribution in [3.63, 3.8) is 0 Å². The number of nitro groups is 1. The molecular formula is C20H29N3O11S. The van der Waals surface area contributed by atoms with Gasteiger partial charge in [0.1, 0.15) is 18.3 Å². The highest BCUT2D eigenvalue weighted by Crippen LogP contribution is 2.24. The van der Waals surface area contributed by atoms with Gasteiger partial charge in [-0.15, -0.1) is 0 Å². The minimum atomic E-state index is -4.55. The fourth-order valence-corrected chi connectivity index (χ4v) is 3.94. The van der Waals surface area contributed by atoms with E-state index < -0.39 is 64.2 Å². The zero-order chi connectivity index (χ0) is 26.3. The van der Waals surface area contributed by atoms with Gasteiger partial charge in [-0.25, -0.2) is 9.52 Å².